The van der Waals surface area contributed by atoms with Gasteiger partial charge in [0.15, 0.2) is 0 Å². The van der Waals surface area contributed by atoms with Crippen molar-refractivity contribution in [3.63, 3.8) is 0 Å². The van der Waals surface area contributed by atoms with Gasteiger partial charge in [0.05, 0.1) is 11.8 Å². The lowest BCUT2D eigenvalue weighted by Crippen LogP contribution is -2.27. The van der Waals surface area contributed by atoms with Gasteiger partial charge >= 0.3 is 5.69 Å². The molecule has 0 atom stereocenters. The molecule has 2 aliphatic heterocycles. The van der Waals surface area contributed by atoms with Gasteiger partial charge in [-0.05, 0) is 63.8 Å². The zero-order valence-electron chi connectivity index (χ0n) is 14.4. The number of aromatic amines is 1. The number of nitrogens with one attached hydrogen (secondary N) is 1. The van der Waals surface area contributed by atoms with Gasteiger partial charge in [0.25, 0.3) is 5.56 Å². The number of aromatic nitrogens is 3. The monoisotopic (exact) mass is 339 g/mol. The fourth-order valence-corrected chi connectivity index (χ4v) is 3.51. The first-order chi connectivity index (χ1) is 12.1. The van der Waals surface area contributed by atoms with Gasteiger partial charge in [-0.25, -0.2) is 9.36 Å². The molecule has 6 nitrogen and oxygen atoms in total. The normalized spacial score (nSPS) is 14.0. The molecular weight excluding hydrogens is 318 g/mol. The topological polar surface area (TPSA) is 69.0 Å². The van der Waals surface area contributed by atoms with Crippen molar-refractivity contribution >= 4 is 0 Å². The van der Waals surface area contributed by atoms with Crippen molar-refractivity contribution in [3.05, 3.63) is 62.7 Å². The highest BCUT2D eigenvalue weighted by Crippen LogP contribution is 2.22. The number of ether oxygens (including phenoxy) is 1. The first-order valence-electron chi connectivity index (χ1n) is 8.70. The van der Waals surface area contributed by atoms with Crippen LogP contribution >= 0.6 is 0 Å². The fraction of sp³-hybridized carbons (Fsp3) is 0.368. The number of rotatable bonds is 3. The predicted octanol–water partition coefficient (Wildman–Crippen LogP) is 2.42. The minimum atomic E-state index is -0.301. The Labute approximate surface area is 145 Å². The molecule has 1 aliphatic carbocycles. The number of aryl methyl sites for hydroxylation is 1. The lowest BCUT2D eigenvalue weighted by Gasteiger charge is -2.18. The number of imidazole rings is 1. The van der Waals surface area contributed by atoms with Gasteiger partial charge in [-0.3, -0.25) is 9.36 Å². The van der Waals surface area contributed by atoms with Crippen LogP contribution in [-0.2, 0) is 12.8 Å². The van der Waals surface area contributed by atoms with Crippen LogP contribution in [-0.4, -0.2) is 20.2 Å². The van der Waals surface area contributed by atoms with Crippen LogP contribution in [0.15, 0.2) is 40.1 Å². The molecule has 0 saturated heterocycles. The SMILES string of the molecule is CC(C)Oc1ccc(-n2c(=O)c3c[nH]c4c(n-3c2=O)CCCC4)cc1. The molecule has 3 aliphatic rings. The zero-order chi connectivity index (χ0) is 17.6. The van der Waals surface area contributed by atoms with Crippen LogP contribution in [0, 0.1) is 0 Å². The maximum Gasteiger partial charge on any atom is 0.340 e. The van der Waals surface area contributed by atoms with Crippen molar-refractivity contribution in [2.75, 3.05) is 0 Å². The molecule has 0 unspecified atom stereocenters. The molecule has 1 aromatic rings. The molecule has 0 radical (unpaired) electrons. The Kier molecular flexibility index (Phi) is 3.75. The first-order valence-corrected chi connectivity index (χ1v) is 8.70. The van der Waals surface area contributed by atoms with Crippen molar-refractivity contribution in [2.45, 2.75) is 45.6 Å². The Morgan fingerprint density at radius 2 is 1.76 bits per heavy atom. The number of hydrogen-bond acceptors (Lipinski definition) is 3. The highest BCUT2D eigenvalue weighted by atomic mass is 16.5. The van der Waals surface area contributed by atoms with E-state index in [-0.39, 0.29) is 17.4 Å². The molecule has 0 amide bonds. The molecule has 0 bridgehead atoms. The van der Waals surface area contributed by atoms with Crippen LogP contribution < -0.4 is 16.0 Å². The summed E-state index contributed by atoms with van der Waals surface area (Å²) in [6.07, 6.45) is 5.59. The predicted molar refractivity (Wildman–Crippen MR) is 95.6 cm³/mol. The van der Waals surface area contributed by atoms with E-state index in [2.05, 4.69) is 4.98 Å². The first kappa shape index (κ1) is 15.7. The molecule has 25 heavy (non-hydrogen) atoms. The van der Waals surface area contributed by atoms with Gasteiger partial charge in [-0.15, -0.1) is 0 Å². The summed E-state index contributed by atoms with van der Waals surface area (Å²) in [5.74, 6) is 0.716. The molecule has 4 rings (SSSR count). The molecule has 0 saturated carbocycles. The van der Waals surface area contributed by atoms with Gasteiger partial charge < -0.3 is 9.72 Å². The Morgan fingerprint density at radius 1 is 1.04 bits per heavy atom. The smallest absolute Gasteiger partial charge is 0.340 e. The highest BCUT2D eigenvalue weighted by Gasteiger charge is 2.24. The third-order valence-corrected chi connectivity index (χ3v) is 4.60. The second kappa shape index (κ2) is 5.95. The Morgan fingerprint density at radius 3 is 2.48 bits per heavy atom. The molecule has 6 heteroatoms. The van der Waals surface area contributed by atoms with Crippen molar-refractivity contribution in [2.24, 2.45) is 0 Å². The van der Waals surface area contributed by atoms with E-state index >= 15 is 0 Å². The third kappa shape index (κ3) is 2.58. The van der Waals surface area contributed by atoms with Crippen molar-refractivity contribution < 1.29 is 4.74 Å². The van der Waals surface area contributed by atoms with E-state index in [4.69, 9.17) is 4.74 Å². The van der Waals surface area contributed by atoms with E-state index in [9.17, 15) is 9.59 Å². The van der Waals surface area contributed by atoms with Crippen LogP contribution in [0.4, 0.5) is 0 Å². The lowest BCUT2D eigenvalue weighted by molar-refractivity contribution is 0.242. The maximum atomic E-state index is 13.0. The van der Waals surface area contributed by atoms with Crippen LogP contribution in [0.3, 0.4) is 0 Å². The fourth-order valence-electron chi connectivity index (χ4n) is 3.51. The average molecular weight is 339 g/mol. The summed E-state index contributed by atoms with van der Waals surface area (Å²) in [7, 11) is 0. The van der Waals surface area contributed by atoms with Crippen LogP contribution in [0.2, 0.25) is 0 Å². The summed E-state index contributed by atoms with van der Waals surface area (Å²) in [4.78, 5) is 29.0. The maximum absolute atomic E-state index is 13.0. The molecule has 0 fully saturated rings. The van der Waals surface area contributed by atoms with E-state index < -0.39 is 0 Å². The Bertz CT molecular complexity index is 992. The third-order valence-electron chi connectivity index (χ3n) is 4.60. The summed E-state index contributed by atoms with van der Waals surface area (Å²) in [6.45, 7) is 3.91. The van der Waals surface area contributed by atoms with E-state index in [0.29, 0.717) is 17.1 Å². The van der Waals surface area contributed by atoms with Gasteiger partial charge in [-0.2, -0.15) is 0 Å². The summed E-state index contributed by atoms with van der Waals surface area (Å²) < 4.78 is 8.43. The molecule has 0 aromatic heterocycles. The van der Waals surface area contributed by atoms with E-state index in [1.54, 1.807) is 35.0 Å². The molecule has 2 heterocycles. The van der Waals surface area contributed by atoms with E-state index in [0.717, 1.165) is 37.1 Å². The summed E-state index contributed by atoms with van der Waals surface area (Å²) in [5, 5.41) is 0. The zero-order valence-corrected chi connectivity index (χ0v) is 14.4. The molecule has 130 valence electrons. The Balaban J connectivity index is 1.87. The summed E-state index contributed by atoms with van der Waals surface area (Å²) in [6, 6.07) is 7.06. The van der Waals surface area contributed by atoms with Crippen molar-refractivity contribution in [1.29, 1.82) is 0 Å². The quantitative estimate of drug-likeness (QED) is 0.797. The molecule has 1 N–H and O–H groups in total. The Hall–Kier alpha value is -2.76. The number of hydrogen-bond donors (Lipinski definition) is 1. The van der Waals surface area contributed by atoms with Crippen molar-refractivity contribution in [3.8, 4) is 17.1 Å². The van der Waals surface area contributed by atoms with Crippen molar-refractivity contribution in [1.82, 2.24) is 14.1 Å². The lowest BCUT2D eigenvalue weighted by atomic mass is 10.00. The summed E-state index contributed by atoms with van der Waals surface area (Å²) >= 11 is 0. The average Bonchev–Trinajstić information content (AvgIpc) is 2.86. The van der Waals surface area contributed by atoms with Gasteiger partial charge in [0.1, 0.15) is 11.4 Å². The highest BCUT2D eigenvalue weighted by molar-refractivity contribution is 5.43. The molecule has 1 aromatic carbocycles. The van der Waals surface area contributed by atoms with Gasteiger partial charge in [-0.1, -0.05) is 0 Å². The molecule has 0 spiro atoms. The number of fused-ring (bicyclic) bond motifs is 3. The summed E-state index contributed by atoms with van der Waals surface area (Å²) in [5.41, 5.74) is 2.34. The van der Waals surface area contributed by atoms with E-state index in [1.807, 2.05) is 13.8 Å². The minimum absolute atomic E-state index is 0.0720. The number of benzene rings is 1. The largest absolute Gasteiger partial charge is 0.491 e. The van der Waals surface area contributed by atoms with Crippen LogP contribution in [0.25, 0.3) is 11.4 Å². The van der Waals surface area contributed by atoms with Gasteiger partial charge in [0, 0.05) is 17.6 Å². The van der Waals surface area contributed by atoms with Crippen LogP contribution in [0.5, 0.6) is 5.75 Å². The second-order valence-electron chi connectivity index (χ2n) is 6.73. The number of H-pyrrole nitrogens is 1. The molecular formula is C19H21N3O3. The minimum Gasteiger partial charge on any atom is -0.491 e. The second-order valence-corrected chi connectivity index (χ2v) is 6.73. The van der Waals surface area contributed by atoms with Crippen LogP contribution in [0.1, 0.15) is 38.1 Å². The number of nitrogens with zero attached hydrogens (tertiary/aromatic N) is 2. The van der Waals surface area contributed by atoms with E-state index in [1.165, 1.54) is 4.57 Å². The van der Waals surface area contributed by atoms with Gasteiger partial charge in [0.2, 0.25) is 0 Å². The standard InChI is InChI=1S/C19H21N3O3/c1-12(2)25-14-9-7-13(8-10-14)21-18(23)17-11-20-15-5-3-4-6-16(15)22(17)19(21)24/h7-12,20H,3-6H2,1-2H3.